The summed E-state index contributed by atoms with van der Waals surface area (Å²) >= 11 is 1.10. The van der Waals surface area contributed by atoms with E-state index in [-0.39, 0.29) is 27.6 Å². The van der Waals surface area contributed by atoms with Gasteiger partial charge in [-0.15, -0.1) is 0 Å². The number of fused-ring (bicyclic) bond motifs is 1. The third-order valence-electron chi connectivity index (χ3n) is 3.54. The quantitative estimate of drug-likeness (QED) is 0.855. The maximum absolute atomic E-state index is 12.8. The van der Waals surface area contributed by atoms with Gasteiger partial charge in [0.2, 0.25) is 0 Å². The number of nitrogens with one attached hydrogen (secondary N) is 1. The van der Waals surface area contributed by atoms with Crippen molar-refractivity contribution in [2.45, 2.75) is 17.5 Å². The molecule has 2 heterocycles. The van der Waals surface area contributed by atoms with Crippen LogP contribution in [0.15, 0.2) is 24.3 Å². The van der Waals surface area contributed by atoms with Crippen LogP contribution in [0.2, 0.25) is 0 Å². The van der Waals surface area contributed by atoms with Gasteiger partial charge in [0.15, 0.2) is 15.0 Å². The summed E-state index contributed by atoms with van der Waals surface area (Å²) in [5.41, 5.74) is -0.589. The SMILES string of the molecule is N=C1S[C@@H]2CS(=O)(=O)C[C@H]2N1c1cccc(C(F)(F)F)c1. The monoisotopic (exact) mass is 336 g/mol. The fourth-order valence-corrected chi connectivity index (χ4v) is 6.43. The van der Waals surface area contributed by atoms with Gasteiger partial charge in [-0.2, -0.15) is 13.2 Å². The van der Waals surface area contributed by atoms with Gasteiger partial charge in [-0.25, -0.2) is 8.42 Å². The molecule has 2 fully saturated rings. The average molecular weight is 336 g/mol. The molecule has 0 saturated carbocycles. The van der Waals surface area contributed by atoms with Crippen LogP contribution in [0.4, 0.5) is 18.9 Å². The number of anilines is 1. The topological polar surface area (TPSA) is 61.2 Å². The maximum Gasteiger partial charge on any atom is 0.416 e. The van der Waals surface area contributed by atoms with Gasteiger partial charge in [-0.05, 0) is 18.2 Å². The molecule has 0 spiro atoms. The van der Waals surface area contributed by atoms with Crippen molar-refractivity contribution in [1.82, 2.24) is 0 Å². The second-order valence-corrected chi connectivity index (χ2v) is 8.41. The Balaban J connectivity index is 1.98. The van der Waals surface area contributed by atoms with Crippen LogP contribution < -0.4 is 4.90 Å². The number of nitrogens with zero attached hydrogens (tertiary/aromatic N) is 1. The molecule has 0 unspecified atom stereocenters. The molecule has 2 aliphatic rings. The van der Waals surface area contributed by atoms with Gasteiger partial charge in [0.25, 0.3) is 0 Å². The van der Waals surface area contributed by atoms with Crippen LogP contribution in [0.5, 0.6) is 0 Å². The van der Waals surface area contributed by atoms with Crippen molar-refractivity contribution < 1.29 is 21.6 Å². The van der Waals surface area contributed by atoms with Gasteiger partial charge >= 0.3 is 6.18 Å². The number of rotatable bonds is 1. The average Bonchev–Trinajstić information content (AvgIpc) is 2.78. The van der Waals surface area contributed by atoms with E-state index in [0.717, 1.165) is 23.9 Å². The lowest BCUT2D eigenvalue weighted by Gasteiger charge is -2.24. The maximum atomic E-state index is 12.8. The summed E-state index contributed by atoms with van der Waals surface area (Å²) in [6.45, 7) is 0. The number of halogens is 3. The number of sulfone groups is 1. The highest BCUT2D eigenvalue weighted by molar-refractivity contribution is 8.15. The summed E-state index contributed by atoms with van der Waals surface area (Å²) in [6, 6.07) is 4.20. The van der Waals surface area contributed by atoms with Gasteiger partial charge in [0.05, 0.1) is 23.1 Å². The zero-order valence-electron chi connectivity index (χ0n) is 10.6. The third kappa shape index (κ3) is 2.64. The Morgan fingerprint density at radius 2 is 2.00 bits per heavy atom. The van der Waals surface area contributed by atoms with Crippen molar-refractivity contribution in [2.75, 3.05) is 16.4 Å². The van der Waals surface area contributed by atoms with Crippen LogP contribution in [0.25, 0.3) is 0 Å². The highest BCUT2D eigenvalue weighted by Crippen LogP contribution is 2.41. The molecule has 0 radical (unpaired) electrons. The van der Waals surface area contributed by atoms with Crippen molar-refractivity contribution in [2.24, 2.45) is 0 Å². The summed E-state index contributed by atoms with van der Waals surface area (Å²) in [6.07, 6.45) is -4.47. The van der Waals surface area contributed by atoms with Crippen LogP contribution >= 0.6 is 11.8 Å². The zero-order valence-corrected chi connectivity index (χ0v) is 12.2. The zero-order chi connectivity index (χ0) is 15.4. The molecular weight excluding hydrogens is 325 g/mol. The molecule has 0 aromatic heterocycles. The van der Waals surface area contributed by atoms with E-state index in [4.69, 9.17) is 5.41 Å². The predicted molar refractivity (Wildman–Crippen MR) is 75.5 cm³/mol. The standard InChI is InChI=1S/C12H11F3N2O2S2/c13-12(14,15)7-2-1-3-8(4-7)17-9-5-21(18,19)6-10(9)20-11(17)16/h1-4,9-10,16H,5-6H2/t9-,10-/m1/s1. The Hall–Kier alpha value is -1.22. The Morgan fingerprint density at radius 1 is 1.29 bits per heavy atom. The van der Waals surface area contributed by atoms with Gasteiger partial charge in [0, 0.05) is 10.9 Å². The van der Waals surface area contributed by atoms with E-state index in [1.807, 2.05) is 0 Å². The molecule has 114 valence electrons. The van der Waals surface area contributed by atoms with Crippen LogP contribution in [0.1, 0.15) is 5.56 Å². The molecule has 0 bridgehead atoms. The van der Waals surface area contributed by atoms with Gasteiger partial charge in [-0.3, -0.25) is 5.41 Å². The molecule has 2 atom stereocenters. The van der Waals surface area contributed by atoms with Crippen LogP contribution in [0.3, 0.4) is 0 Å². The van der Waals surface area contributed by atoms with E-state index < -0.39 is 27.6 Å². The van der Waals surface area contributed by atoms with E-state index in [2.05, 4.69) is 0 Å². The number of hydrogen-bond acceptors (Lipinski definition) is 4. The minimum absolute atomic E-state index is 0.0276. The largest absolute Gasteiger partial charge is 0.416 e. The van der Waals surface area contributed by atoms with Crippen LogP contribution in [-0.2, 0) is 16.0 Å². The molecule has 9 heteroatoms. The Morgan fingerprint density at radius 3 is 2.67 bits per heavy atom. The Bertz CT molecular complexity index is 703. The number of thioether (sulfide) groups is 1. The number of benzene rings is 1. The molecule has 1 N–H and O–H groups in total. The predicted octanol–water partition coefficient (Wildman–Crippen LogP) is 2.36. The molecular formula is C12H11F3N2O2S2. The van der Waals surface area contributed by atoms with E-state index in [1.54, 1.807) is 0 Å². The highest BCUT2D eigenvalue weighted by Gasteiger charge is 2.48. The van der Waals surface area contributed by atoms with Gasteiger partial charge < -0.3 is 4.90 Å². The lowest BCUT2D eigenvalue weighted by Crippen LogP contribution is -2.37. The lowest BCUT2D eigenvalue weighted by molar-refractivity contribution is -0.137. The summed E-state index contributed by atoms with van der Waals surface area (Å²) in [4.78, 5) is 1.40. The molecule has 2 saturated heterocycles. The Kier molecular flexibility index (Phi) is 3.25. The first-order valence-electron chi connectivity index (χ1n) is 6.09. The molecule has 1 aromatic carbocycles. The van der Waals surface area contributed by atoms with E-state index in [1.165, 1.54) is 17.0 Å². The van der Waals surface area contributed by atoms with Crippen molar-refractivity contribution in [3.05, 3.63) is 29.8 Å². The molecule has 1 aromatic rings. The molecule has 4 nitrogen and oxygen atoms in total. The van der Waals surface area contributed by atoms with Crippen molar-refractivity contribution in [3.63, 3.8) is 0 Å². The fourth-order valence-electron chi connectivity index (χ4n) is 2.64. The minimum Gasteiger partial charge on any atom is -0.316 e. The summed E-state index contributed by atoms with van der Waals surface area (Å²) < 4.78 is 61.6. The highest BCUT2D eigenvalue weighted by atomic mass is 32.2. The van der Waals surface area contributed by atoms with E-state index in [9.17, 15) is 21.6 Å². The van der Waals surface area contributed by atoms with Crippen molar-refractivity contribution in [1.29, 1.82) is 5.41 Å². The van der Waals surface area contributed by atoms with Crippen molar-refractivity contribution in [3.8, 4) is 0 Å². The van der Waals surface area contributed by atoms with E-state index in [0.29, 0.717) is 0 Å². The minimum atomic E-state index is -4.47. The first kappa shape index (κ1) is 14.7. The smallest absolute Gasteiger partial charge is 0.316 e. The first-order valence-corrected chi connectivity index (χ1v) is 8.80. The second-order valence-electron chi connectivity index (χ2n) is 5.02. The van der Waals surface area contributed by atoms with Gasteiger partial charge in [0.1, 0.15) is 0 Å². The summed E-state index contributed by atoms with van der Waals surface area (Å²) in [5.74, 6) is -0.149. The van der Waals surface area contributed by atoms with Crippen LogP contribution in [0, 0.1) is 5.41 Å². The van der Waals surface area contributed by atoms with Gasteiger partial charge in [-0.1, -0.05) is 17.8 Å². The molecule has 0 aliphatic carbocycles. The van der Waals surface area contributed by atoms with E-state index >= 15 is 0 Å². The first-order chi connectivity index (χ1) is 9.67. The second kappa shape index (κ2) is 4.64. The lowest BCUT2D eigenvalue weighted by atomic mass is 10.1. The molecule has 21 heavy (non-hydrogen) atoms. The molecule has 3 rings (SSSR count). The summed E-state index contributed by atoms with van der Waals surface area (Å²) in [7, 11) is -3.19. The molecule has 2 aliphatic heterocycles. The summed E-state index contributed by atoms with van der Waals surface area (Å²) in [5, 5.41) is 7.73. The normalized spacial score (nSPS) is 28.0. The van der Waals surface area contributed by atoms with Crippen LogP contribution in [-0.4, -0.2) is 36.4 Å². The number of amidine groups is 1. The number of hydrogen-bond donors (Lipinski definition) is 1. The third-order valence-corrected chi connectivity index (χ3v) is 6.67. The fraction of sp³-hybridized carbons (Fsp3) is 0.417. The molecule has 0 amide bonds. The van der Waals surface area contributed by atoms with Crippen molar-refractivity contribution >= 4 is 32.5 Å². The number of alkyl halides is 3. The Labute approximate surface area is 123 Å².